The zero-order valence-corrected chi connectivity index (χ0v) is 10.5. The van der Waals surface area contributed by atoms with E-state index in [4.69, 9.17) is 69.6 Å². The van der Waals surface area contributed by atoms with Gasteiger partial charge in [0.1, 0.15) is 10.0 Å². The van der Waals surface area contributed by atoms with Crippen LogP contribution in [-0.4, -0.2) is 14.9 Å². The van der Waals surface area contributed by atoms with Gasteiger partial charge in [0.2, 0.25) is 3.79 Å². The first-order valence-electron chi connectivity index (χ1n) is 3.11. The van der Waals surface area contributed by atoms with Gasteiger partial charge in [-0.25, -0.2) is 4.99 Å². The predicted octanol–water partition coefficient (Wildman–Crippen LogP) is 4.46. The van der Waals surface area contributed by atoms with Crippen molar-refractivity contribution >= 4 is 75.8 Å². The summed E-state index contributed by atoms with van der Waals surface area (Å²) in [6, 6.07) is 0. The number of allylic oxidation sites excluding steroid dienone is 1. The highest BCUT2D eigenvalue weighted by atomic mass is 35.6. The summed E-state index contributed by atoms with van der Waals surface area (Å²) in [5.41, 5.74) is 0. The van der Waals surface area contributed by atoms with Crippen molar-refractivity contribution in [3.63, 3.8) is 0 Å². The molecule has 1 nitrogen and oxygen atoms in total. The highest BCUT2D eigenvalue weighted by Crippen LogP contribution is 2.48. The van der Waals surface area contributed by atoms with Crippen molar-refractivity contribution in [2.45, 2.75) is 15.1 Å². The summed E-state index contributed by atoms with van der Waals surface area (Å²) in [5, 5.41) is 0.456. The maximum atomic E-state index is 5.99. The molecule has 1 unspecified atom stereocenters. The molecule has 0 N–H and O–H groups in total. The van der Waals surface area contributed by atoms with Crippen molar-refractivity contribution in [2.24, 2.45) is 4.99 Å². The van der Waals surface area contributed by atoms with Crippen LogP contribution in [0, 0.1) is 0 Å². The first kappa shape index (κ1) is 12.2. The van der Waals surface area contributed by atoms with E-state index in [9.17, 15) is 0 Å². The molecule has 0 bridgehead atoms. The maximum absolute atomic E-state index is 5.99. The molecule has 0 fully saturated rings. The standard InChI is InChI=1S/C6H3Cl6N/c7-3-1-5(9,6(10,11)12)2-13-4(3)8/h2H,1H2. The van der Waals surface area contributed by atoms with E-state index >= 15 is 0 Å². The van der Waals surface area contributed by atoms with E-state index in [1.165, 1.54) is 6.21 Å². The van der Waals surface area contributed by atoms with Crippen LogP contribution in [0.1, 0.15) is 6.42 Å². The fraction of sp³-hybridized carbons (Fsp3) is 0.500. The fourth-order valence-corrected chi connectivity index (χ4v) is 1.72. The molecule has 0 saturated heterocycles. The van der Waals surface area contributed by atoms with Gasteiger partial charge in [-0.05, 0) is 0 Å². The van der Waals surface area contributed by atoms with Crippen LogP contribution in [-0.2, 0) is 0 Å². The lowest BCUT2D eigenvalue weighted by Gasteiger charge is -2.31. The Kier molecular flexibility index (Phi) is 3.72. The van der Waals surface area contributed by atoms with Gasteiger partial charge in [-0.3, -0.25) is 0 Å². The van der Waals surface area contributed by atoms with E-state index in [1.54, 1.807) is 0 Å². The third kappa shape index (κ3) is 2.58. The Labute approximate surface area is 106 Å². The zero-order chi connectivity index (χ0) is 10.3. The SMILES string of the molecule is ClC1=C(Cl)N=CC(Cl)(C(Cl)(Cl)Cl)C1. The summed E-state index contributed by atoms with van der Waals surface area (Å²) in [7, 11) is 0. The Morgan fingerprint density at radius 2 is 1.85 bits per heavy atom. The minimum atomic E-state index is -1.67. The van der Waals surface area contributed by atoms with Gasteiger partial charge >= 0.3 is 0 Å². The molecule has 0 radical (unpaired) electrons. The van der Waals surface area contributed by atoms with Gasteiger partial charge in [0.05, 0.1) is 5.03 Å². The molecule has 74 valence electrons. The first-order chi connectivity index (χ1) is 5.76. The third-order valence-corrected chi connectivity index (χ3v) is 4.04. The number of alkyl halides is 4. The van der Waals surface area contributed by atoms with Gasteiger partial charge in [-0.1, -0.05) is 58.0 Å². The van der Waals surface area contributed by atoms with Crippen LogP contribution in [0.4, 0.5) is 0 Å². The summed E-state index contributed by atoms with van der Waals surface area (Å²) < 4.78 is -1.67. The van der Waals surface area contributed by atoms with Gasteiger partial charge in [-0.2, -0.15) is 0 Å². The minimum absolute atomic E-state index is 0.148. The number of hydrogen-bond donors (Lipinski definition) is 0. The second-order valence-electron chi connectivity index (χ2n) is 2.49. The molecule has 13 heavy (non-hydrogen) atoms. The van der Waals surface area contributed by atoms with Crippen LogP contribution >= 0.6 is 69.6 Å². The molecular formula is C6H3Cl6N. The van der Waals surface area contributed by atoms with Crippen LogP contribution in [0.3, 0.4) is 0 Å². The molecule has 7 heteroatoms. The molecule has 1 heterocycles. The molecule has 0 aromatic carbocycles. The Balaban J connectivity index is 2.97. The number of aliphatic imine (C=N–C) groups is 1. The number of halogens is 6. The van der Waals surface area contributed by atoms with Crippen molar-refractivity contribution in [2.75, 3.05) is 0 Å². The van der Waals surface area contributed by atoms with Crippen LogP contribution in [0.2, 0.25) is 0 Å². The molecule has 0 spiro atoms. The molecule has 1 aliphatic rings. The van der Waals surface area contributed by atoms with E-state index in [2.05, 4.69) is 4.99 Å². The lowest BCUT2D eigenvalue weighted by Crippen LogP contribution is -2.40. The van der Waals surface area contributed by atoms with Gasteiger partial charge < -0.3 is 0 Å². The van der Waals surface area contributed by atoms with Gasteiger partial charge in [0, 0.05) is 12.6 Å². The van der Waals surface area contributed by atoms with Gasteiger partial charge in [0.25, 0.3) is 0 Å². The van der Waals surface area contributed by atoms with E-state index in [0.717, 1.165) is 0 Å². The molecule has 1 aliphatic heterocycles. The lowest BCUT2D eigenvalue weighted by molar-refractivity contribution is 0.761. The summed E-state index contributed by atoms with van der Waals surface area (Å²) in [4.78, 5) is 2.50. The third-order valence-electron chi connectivity index (χ3n) is 1.49. The summed E-state index contributed by atoms with van der Waals surface area (Å²) in [5.74, 6) is 0. The Hall–Kier alpha value is 1.15. The van der Waals surface area contributed by atoms with Gasteiger partial charge in [0.15, 0.2) is 0 Å². The second kappa shape index (κ2) is 3.96. The van der Waals surface area contributed by atoms with Gasteiger partial charge in [-0.15, -0.1) is 11.6 Å². The van der Waals surface area contributed by atoms with E-state index < -0.39 is 8.67 Å². The van der Waals surface area contributed by atoms with Crippen molar-refractivity contribution in [3.8, 4) is 0 Å². The van der Waals surface area contributed by atoms with Crippen LogP contribution in [0.25, 0.3) is 0 Å². The normalized spacial score (nSPS) is 29.7. The quantitative estimate of drug-likeness (QED) is 0.463. The molecular weight excluding hydrogens is 299 g/mol. The van der Waals surface area contributed by atoms with Crippen molar-refractivity contribution in [3.05, 3.63) is 10.2 Å². The molecule has 1 atom stereocenters. The maximum Gasteiger partial charge on any atom is 0.214 e. The monoisotopic (exact) mass is 299 g/mol. The molecule has 0 aromatic rings. The summed E-state index contributed by atoms with van der Waals surface area (Å²) >= 11 is 34.3. The smallest absolute Gasteiger partial charge is 0.214 e. The fourth-order valence-electron chi connectivity index (χ4n) is 0.747. The Morgan fingerprint density at radius 3 is 2.23 bits per heavy atom. The predicted molar refractivity (Wildman–Crippen MR) is 60.7 cm³/mol. The average molecular weight is 302 g/mol. The minimum Gasteiger partial charge on any atom is -0.246 e. The highest BCUT2D eigenvalue weighted by Gasteiger charge is 2.48. The molecule has 0 aromatic heterocycles. The highest BCUT2D eigenvalue weighted by molar-refractivity contribution is 6.72. The molecule has 1 rings (SSSR count). The molecule has 0 aliphatic carbocycles. The number of nitrogens with zero attached hydrogens (tertiary/aromatic N) is 1. The van der Waals surface area contributed by atoms with E-state index in [0.29, 0.717) is 0 Å². The Morgan fingerprint density at radius 1 is 1.31 bits per heavy atom. The first-order valence-corrected chi connectivity index (χ1v) is 5.38. The van der Waals surface area contributed by atoms with Crippen LogP contribution < -0.4 is 0 Å². The average Bonchev–Trinajstić information content (AvgIpc) is 1.95. The topological polar surface area (TPSA) is 12.4 Å². The number of hydrogen-bond acceptors (Lipinski definition) is 1. The largest absolute Gasteiger partial charge is 0.246 e. The van der Waals surface area contributed by atoms with Crippen molar-refractivity contribution in [1.29, 1.82) is 0 Å². The number of rotatable bonds is 0. The Bertz CT molecular complexity index is 277. The lowest BCUT2D eigenvalue weighted by atomic mass is 10.1. The summed E-state index contributed by atoms with van der Waals surface area (Å²) in [6.45, 7) is 0. The second-order valence-corrected chi connectivity index (χ2v) is 6.26. The summed E-state index contributed by atoms with van der Waals surface area (Å²) in [6.07, 6.45) is 1.44. The van der Waals surface area contributed by atoms with Crippen LogP contribution in [0.5, 0.6) is 0 Å². The zero-order valence-electron chi connectivity index (χ0n) is 6.00. The van der Waals surface area contributed by atoms with Crippen molar-refractivity contribution in [1.82, 2.24) is 0 Å². The van der Waals surface area contributed by atoms with E-state index in [-0.39, 0.29) is 16.6 Å². The molecule has 0 amide bonds. The van der Waals surface area contributed by atoms with E-state index in [1.807, 2.05) is 0 Å². The van der Waals surface area contributed by atoms with Crippen molar-refractivity contribution < 1.29 is 0 Å². The molecule has 0 saturated carbocycles. The van der Waals surface area contributed by atoms with Crippen LogP contribution in [0.15, 0.2) is 15.2 Å².